The summed E-state index contributed by atoms with van der Waals surface area (Å²) in [6.45, 7) is 8.99. The summed E-state index contributed by atoms with van der Waals surface area (Å²) in [4.78, 5) is 2.23. The van der Waals surface area contributed by atoms with Crippen LogP contribution in [-0.4, -0.2) is 34.4 Å². The van der Waals surface area contributed by atoms with Gasteiger partial charge in [0.15, 0.2) is 5.82 Å². The van der Waals surface area contributed by atoms with Gasteiger partial charge in [0, 0.05) is 29.7 Å². The number of rotatable bonds is 3. The van der Waals surface area contributed by atoms with Crippen LogP contribution in [0.3, 0.4) is 0 Å². The highest BCUT2D eigenvalue weighted by molar-refractivity contribution is 5.59. The van der Waals surface area contributed by atoms with Crippen LogP contribution in [0, 0.1) is 5.82 Å². The molecule has 4 nitrogen and oxygen atoms in total. The van der Waals surface area contributed by atoms with Crippen LogP contribution in [0.1, 0.15) is 40.5 Å². The molecule has 0 spiro atoms. The second-order valence-electron chi connectivity index (χ2n) is 8.35. The Labute approximate surface area is 149 Å². The maximum absolute atomic E-state index is 13.1. The van der Waals surface area contributed by atoms with Crippen molar-refractivity contribution in [3.63, 3.8) is 0 Å². The van der Waals surface area contributed by atoms with E-state index in [0.717, 1.165) is 29.9 Å². The van der Waals surface area contributed by atoms with E-state index >= 15 is 0 Å². The van der Waals surface area contributed by atoms with Crippen molar-refractivity contribution in [3.8, 4) is 11.3 Å². The molecule has 1 aliphatic rings. The van der Waals surface area contributed by atoms with E-state index in [-0.39, 0.29) is 16.9 Å². The Bertz CT molecular complexity index is 706. The molecule has 0 radical (unpaired) electrons. The van der Waals surface area contributed by atoms with E-state index in [9.17, 15) is 4.39 Å². The number of hydrogen-bond donors (Lipinski definition) is 1. The quantitative estimate of drug-likeness (QED) is 0.914. The van der Waals surface area contributed by atoms with Crippen LogP contribution < -0.4 is 10.2 Å². The standard InChI is InChI=1S/C20H27FN4/c1-19(2)12-16(13-20(3,4)24-19)25(5)18-11-10-17(22-23-18)14-6-8-15(21)9-7-14/h6-11,16,24H,12-13H2,1-5H3. The Hall–Kier alpha value is -2.01. The second-order valence-corrected chi connectivity index (χ2v) is 8.35. The summed E-state index contributed by atoms with van der Waals surface area (Å²) in [6, 6.07) is 10.7. The maximum Gasteiger partial charge on any atom is 0.151 e. The van der Waals surface area contributed by atoms with Gasteiger partial charge >= 0.3 is 0 Å². The van der Waals surface area contributed by atoms with E-state index in [1.165, 1.54) is 12.1 Å². The molecule has 0 saturated carbocycles. The molecule has 1 saturated heterocycles. The first-order valence-electron chi connectivity index (χ1n) is 8.77. The van der Waals surface area contributed by atoms with Crippen molar-refractivity contribution in [2.24, 2.45) is 0 Å². The number of halogens is 1. The van der Waals surface area contributed by atoms with Gasteiger partial charge in [-0.1, -0.05) is 0 Å². The number of benzene rings is 1. The van der Waals surface area contributed by atoms with Gasteiger partial charge in [-0.2, -0.15) is 0 Å². The summed E-state index contributed by atoms with van der Waals surface area (Å²) in [7, 11) is 2.09. The van der Waals surface area contributed by atoms with Crippen LogP contribution in [0.4, 0.5) is 10.2 Å². The molecule has 0 aliphatic carbocycles. The SMILES string of the molecule is CN(c1ccc(-c2ccc(F)cc2)nn1)C1CC(C)(C)NC(C)(C)C1. The Balaban J connectivity index is 1.78. The lowest BCUT2D eigenvalue weighted by Gasteiger charge is -2.49. The molecule has 134 valence electrons. The molecule has 1 aromatic carbocycles. The zero-order valence-corrected chi connectivity index (χ0v) is 15.7. The van der Waals surface area contributed by atoms with Gasteiger partial charge in [-0.3, -0.25) is 0 Å². The average Bonchev–Trinajstić information content (AvgIpc) is 2.52. The Morgan fingerprint density at radius 3 is 2.08 bits per heavy atom. The van der Waals surface area contributed by atoms with E-state index < -0.39 is 0 Å². The van der Waals surface area contributed by atoms with E-state index in [4.69, 9.17) is 0 Å². The minimum atomic E-state index is -0.246. The van der Waals surface area contributed by atoms with E-state index in [1.807, 2.05) is 12.1 Å². The van der Waals surface area contributed by atoms with E-state index in [1.54, 1.807) is 12.1 Å². The number of nitrogens with zero attached hydrogens (tertiary/aromatic N) is 3. The smallest absolute Gasteiger partial charge is 0.151 e. The van der Waals surface area contributed by atoms with Gasteiger partial charge < -0.3 is 10.2 Å². The molecule has 1 aliphatic heterocycles. The van der Waals surface area contributed by atoms with E-state index in [0.29, 0.717) is 6.04 Å². The molecule has 0 bridgehead atoms. The van der Waals surface area contributed by atoms with Crippen LogP contribution in [0.15, 0.2) is 36.4 Å². The molecule has 2 aromatic rings. The molecule has 1 N–H and O–H groups in total. The normalized spacial score (nSPS) is 19.6. The number of hydrogen-bond acceptors (Lipinski definition) is 4. The molecule has 1 aromatic heterocycles. The monoisotopic (exact) mass is 342 g/mol. The summed E-state index contributed by atoms with van der Waals surface area (Å²) < 4.78 is 13.1. The van der Waals surface area contributed by atoms with Gasteiger partial charge in [-0.05, 0) is 76.9 Å². The minimum absolute atomic E-state index is 0.0855. The van der Waals surface area contributed by atoms with Crippen LogP contribution in [-0.2, 0) is 0 Å². The Morgan fingerprint density at radius 2 is 1.56 bits per heavy atom. The second kappa shape index (κ2) is 6.37. The van der Waals surface area contributed by atoms with Crippen molar-refractivity contribution in [2.75, 3.05) is 11.9 Å². The summed E-state index contributed by atoms with van der Waals surface area (Å²) in [5.41, 5.74) is 1.79. The highest BCUT2D eigenvalue weighted by Gasteiger charge is 2.39. The molecule has 5 heteroatoms. The van der Waals surface area contributed by atoms with Gasteiger partial charge in [-0.15, -0.1) is 10.2 Å². The fourth-order valence-electron chi connectivity index (χ4n) is 4.02. The summed E-state index contributed by atoms with van der Waals surface area (Å²) in [5, 5.41) is 12.5. The van der Waals surface area contributed by atoms with Gasteiger partial charge in [0.25, 0.3) is 0 Å². The fraction of sp³-hybridized carbons (Fsp3) is 0.500. The van der Waals surface area contributed by atoms with Crippen molar-refractivity contribution in [1.82, 2.24) is 15.5 Å². The molecule has 25 heavy (non-hydrogen) atoms. The molecule has 1 fully saturated rings. The zero-order chi connectivity index (χ0) is 18.2. The van der Waals surface area contributed by atoms with Crippen LogP contribution in [0.2, 0.25) is 0 Å². The summed E-state index contributed by atoms with van der Waals surface area (Å²) in [5.74, 6) is 0.619. The zero-order valence-electron chi connectivity index (χ0n) is 15.7. The largest absolute Gasteiger partial charge is 0.355 e. The van der Waals surface area contributed by atoms with Gasteiger partial charge in [0.1, 0.15) is 5.82 Å². The van der Waals surface area contributed by atoms with E-state index in [2.05, 4.69) is 55.2 Å². The van der Waals surface area contributed by atoms with Crippen LogP contribution in [0.5, 0.6) is 0 Å². The number of aromatic nitrogens is 2. The molecule has 2 heterocycles. The van der Waals surface area contributed by atoms with Crippen molar-refractivity contribution in [2.45, 2.75) is 57.7 Å². The topological polar surface area (TPSA) is 41.1 Å². The average molecular weight is 342 g/mol. The number of anilines is 1. The fourth-order valence-corrected chi connectivity index (χ4v) is 4.02. The minimum Gasteiger partial charge on any atom is -0.355 e. The third-order valence-electron chi connectivity index (χ3n) is 4.87. The maximum atomic E-state index is 13.1. The predicted octanol–water partition coefficient (Wildman–Crippen LogP) is 4.03. The molecule has 0 atom stereocenters. The first kappa shape index (κ1) is 17.8. The van der Waals surface area contributed by atoms with Crippen LogP contribution in [0.25, 0.3) is 11.3 Å². The van der Waals surface area contributed by atoms with Crippen LogP contribution >= 0.6 is 0 Å². The number of nitrogens with one attached hydrogen (secondary N) is 1. The third-order valence-corrected chi connectivity index (χ3v) is 4.87. The molecule has 0 amide bonds. The van der Waals surface area contributed by atoms with Crippen molar-refractivity contribution >= 4 is 5.82 Å². The van der Waals surface area contributed by atoms with Crippen molar-refractivity contribution in [1.29, 1.82) is 0 Å². The third kappa shape index (κ3) is 4.15. The highest BCUT2D eigenvalue weighted by Crippen LogP contribution is 2.32. The highest BCUT2D eigenvalue weighted by atomic mass is 19.1. The lowest BCUT2D eigenvalue weighted by atomic mass is 9.79. The first-order valence-corrected chi connectivity index (χ1v) is 8.77. The van der Waals surface area contributed by atoms with Crippen molar-refractivity contribution < 1.29 is 4.39 Å². The molecular weight excluding hydrogens is 315 g/mol. The van der Waals surface area contributed by atoms with Gasteiger partial charge in [-0.25, -0.2) is 4.39 Å². The summed E-state index contributed by atoms with van der Waals surface area (Å²) in [6.07, 6.45) is 2.10. The lowest BCUT2D eigenvalue weighted by Crippen LogP contribution is -2.62. The first-order chi connectivity index (χ1) is 11.7. The summed E-state index contributed by atoms with van der Waals surface area (Å²) >= 11 is 0. The van der Waals surface area contributed by atoms with Gasteiger partial charge in [0.2, 0.25) is 0 Å². The lowest BCUT2D eigenvalue weighted by molar-refractivity contribution is 0.160. The number of piperidine rings is 1. The Morgan fingerprint density at radius 1 is 0.960 bits per heavy atom. The molecule has 3 rings (SSSR count). The predicted molar refractivity (Wildman–Crippen MR) is 100 cm³/mol. The Kier molecular flexibility index (Phi) is 4.54. The molecular formula is C20H27FN4. The molecule has 0 unspecified atom stereocenters. The van der Waals surface area contributed by atoms with Crippen molar-refractivity contribution in [3.05, 3.63) is 42.2 Å². The van der Waals surface area contributed by atoms with Gasteiger partial charge in [0.05, 0.1) is 5.69 Å².